The van der Waals surface area contributed by atoms with Crippen LogP contribution in [0.25, 0.3) is 0 Å². The van der Waals surface area contributed by atoms with E-state index in [1.165, 1.54) is 40.9 Å². The maximum atomic E-state index is 14.0. The fourth-order valence-corrected chi connectivity index (χ4v) is 3.91. The number of rotatable bonds is 2. The number of benzene rings is 2. The monoisotopic (exact) mass is 370 g/mol. The van der Waals surface area contributed by atoms with E-state index in [1.54, 1.807) is 18.2 Å². The molecule has 3 rings (SSSR count). The van der Waals surface area contributed by atoms with Crippen molar-refractivity contribution in [2.45, 2.75) is 11.6 Å². The Hall–Kier alpha value is -2.22. The molecule has 0 bridgehead atoms. The molecule has 1 heterocycles. The lowest BCUT2D eigenvalue weighted by Gasteiger charge is -2.25. The number of hydrogen-bond acceptors (Lipinski definition) is 2. The maximum Gasteiger partial charge on any atom is 0.418 e. The van der Waals surface area contributed by atoms with Crippen molar-refractivity contribution in [2.75, 3.05) is 17.6 Å². The van der Waals surface area contributed by atoms with Gasteiger partial charge in [-0.15, -0.1) is 11.8 Å². The lowest BCUT2D eigenvalue weighted by molar-refractivity contribution is -0.136. The summed E-state index contributed by atoms with van der Waals surface area (Å²) < 4.78 is 53.2. The molecule has 25 heavy (non-hydrogen) atoms. The van der Waals surface area contributed by atoms with Crippen molar-refractivity contribution in [2.24, 2.45) is 0 Å². The molecular formula is C17H14F4N2OS. The van der Waals surface area contributed by atoms with Crippen molar-refractivity contribution < 1.29 is 22.4 Å². The van der Waals surface area contributed by atoms with Crippen molar-refractivity contribution in [1.82, 2.24) is 4.90 Å². The van der Waals surface area contributed by atoms with Crippen molar-refractivity contribution in [1.29, 1.82) is 0 Å². The zero-order chi connectivity index (χ0) is 18.0. The smallest absolute Gasteiger partial charge is 0.307 e. The number of hydrogen-bond donors (Lipinski definition) is 1. The van der Waals surface area contributed by atoms with Gasteiger partial charge in [0.1, 0.15) is 11.2 Å². The summed E-state index contributed by atoms with van der Waals surface area (Å²) in [7, 11) is 0. The standard InChI is InChI=1S/C17H14F4N2OS/c18-13-7-3-1-5-11(13)15-23(9-10-25-15)16(24)22-14-8-4-2-6-12(14)17(19,20)21/h1-8,15H,9-10H2,(H,22,24)/t15-/m0/s1. The van der Waals surface area contributed by atoms with Gasteiger partial charge in [0.25, 0.3) is 0 Å². The van der Waals surface area contributed by atoms with Gasteiger partial charge in [0.2, 0.25) is 0 Å². The van der Waals surface area contributed by atoms with E-state index in [-0.39, 0.29) is 5.69 Å². The number of amides is 2. The molecule has 2 aromatic rings. The molecule has 1 aliphatic rings. The molecule has 1 fully saturated rings. The Morgan fingerprint density at radius 1 is 1.12 bits per heavy atom. The minimum absolute atomic E-state index is 0.316. The molecule has 0 spiro atoms. The Labute approximate surface area is 146 Å². The average molecular weight is 370 g/mol. The molecule has 8 heteroatoms. The summed E-state index contributed by atoms with van der Waals surface area (Å²) in [4.78, 5) is 13.8. The third-order valence-electron chi connectivity index (χ3n) is 3.80. The minimum atomic E-state index is -4.57. The van der Waals surface area contributed by atoms with Gasteiger partial charge in [0, 0.05) is 17.9 Å². The Morgan fingerprint density at radius 3 is 2.52 bits per heavy atom. The second-order valence-electron chi connectivity index (χ2n) is 5.41. The number of nitrogens with one attached hydrogen (secondary N) is 1. The highest BCUT2D eigenvalue weighted by molar-refractivity contribution is 7.99. The van der Waals surface area contributed by atoms with Gasteiger partial charge >= 0.3 is 12.2 Å². The van der Waals surface area contributed by atoms with Crippen LogP contribution >= 0.6 is 11.8 Å². The predicted molar refractivity (Wildman–Crippen MR) is 88.8 cm³/mol. The van der Waals surface area contributed by atoms with Gasteiger partial charge in [0.15, 0.2) is 0 Å². The first-order valence-electron chi connectivity index (χ1n) is 7.48. The van der Waals surface area contributed by atoms with Crippen LogP contribution in [-0.4, -0.2) is 23.2 Å². The van der Waals surface area contributed by atoms with Gasteiger partial charge in [0.05, 0.1) is 11.3 Å². The van der Waals surface area contributed by atoms with Crippen LogP contribution < -0.4 is 5.32 Å². The molecule has 0 saturated carbocycles. The molecule has 1 saturated heterocycles. The average Bonchev–Trinajstić information content (AvgIpc) is 3.04. The number of para-hydroxylation sites is 1. The van der Waals surface area contributed by atoms with Crippen molar-refractivity contribution >= 4 is 23.5 Å². The zero-order valence-electron chi connectivity index (χ0n) is 12.9. The number of halogens is 4. The van der Waals surface area contributed by atoms with E-state index in [0.717, 1.165) is 6.07 Å². The lowest BCUT2D eigenvalue weighted by atomic mass is 10.1. The van der Waals surface area contributed by atoms with Gasteiger partial charge in [-0.25, -0.2) is 9.18 Å². The molecule has 3 nitrogen and oxygen atoms in total. The fraction of sp³-hybridized carbons (Fsp3) is 0.235. The van der Waals surface area contributed by atoms with Crippen LogP contribution in [0.3, 0.4) is 0 Å². The van der Waals surface area contributed by atoms with E-state index in [4.69, 9.17) is 0 Å². The molecule has 0 aromatic heterocycles. The highest BCUT2D eigenvalue weighted by Crippen LogP contribution is 2.40. The van der Waals surface area contributed by atoms with Gasteiger partial charge in [-0.3, -0.25) is 0 Å². The number of carbonyl (C=O) groups excluding carboxylic acids is 1. The van der Waals surface area contributed by atoms with Crippen LogP contribution in [0.1, 0.15) is 16.5 Å². The highest BCUT2D eigenvalue weighted by atomic mass is 32.2. The van der Waals surface area contributed by atoms with Crippen LogP contribution in [0.2, 0.25) is 0 Å². The Bertz CT molecular complexity index is 781. The molecule has 1 N–H and O–H groups in total. The van der Waals surface area contributed by atoms with Gasteiger partial charge in [-0.1, -0.05) is 30.3 Å². The maximum absolute atomic E-state index is 14.0. The molecule has 2 amide bonds. The highest BCUT2D eigenvalue weighted by Gasteiger charge is 2.36. The van der Waals surface area contributed by atoms with Crippen LogP contribution in [0.5, 0.6) is 0 Å². The number of anilines is 1. The predicted octanol–water partition coefficient (Wildman–Crippen LogP) is 5.12. The van der Waals surface area contributed by atoms with Crippen molar-refractivity contribution in [3.8, 4) is 0 Å². The normalized spacial score (nSPS) is 17.6. The molecule has 0 unspecified atom stereocenters. The van der Waals surface area contributed by atoms with Gasteiger partial charge in [-0.05, 0) is 18.2 Å². The molecule has 2 aromatic carbocycles. The summed E-state index contributed by atoms with van der Waals surface area (Å²) in [5.41, 5.74) is -0.897. The number of carbonyl (C=O) groups is 1. The minimum Gasteiger partial charge on any atom is -0.307 e. The SMILES string of the molecule is O=C(Nc1ccccc1C(F)(F)F)N1CCS[C@H]1c1ccccc1F. The van der Waals surface area contributed by atoms with Crippen molar-refractivity contribution in [3.05, 3.63) is 65.5 Å². The first-order valence-corrected chi connectivity index (χ1v) is 8.52. The Balaban J connectivity index is 1.83. The number of alkyl halides is 3. The van der Waals surface area contributed by atoms with Gasteiger partial charge in [-0.2, -0.15) is 13.2 Å². The Kier molecular flexibility index (Phi) is 4.89. The van der Waals surface area contributed by atoms with Crippen LogP contribution in [0.15, 0.2) is 48.5 Å². The summed E-state index contributed by atoms with van der Waals surface area (Å²) in [6, 6.07) is 10.2. The summed E-state index contributed by atoms with van der Waals surface area (Å²) >= 11 is 1.37. The van der Waals surface area contributed by atoms with E-state index in [1.807, 2.05) is 0 Å². The lowest BCUT2D eigenvalue weighted by Crippen LogP contribution is -2.35. The fourth-order valence-electron chi connectivity index (χ4n) is 2.64. The molecule has 0 aliphatic carbocycles. The van der Waals surface area contributed by atoms with E-state index >= 15 is 0 Å². The Morgan fingerprint density at radius 2 is 1.80 bits per heavy atom. The summed E-state index contributed by atoms with van der Waals surface area (Å²) in [6.07, 6.45) is -4.57. The largest absolute Gasteiger partial charge is 0.418 e. The summed E-state index contributed by atoms with van der Waals surface area (Å²) in [5.74, 6) is 0.128. The van der Waals surface area contributed by atoms with Crippen molar-refractivity contribution in [3.63, 3.8) is 0 Å². The van der Waals surface area contributed by atoms with E-state index in [0.29, 0.717) is 17.9 Å². The summed E-state index contributed by atoms with van der Waals surface area (Å²) in [5, 5.41) is 1.74. The number of nitrogens with zero attached hydrogens (tertiary/aromatic N) is 1. The van der Waals surface area contributed by atoms with E-state index in [9.17, 15) is 22.4 Å². The third-order valence-corrected chi connectivity index (χ3v) is 5.04. The first kappa shape index (κ1) is 17.6. The topological polar surface area (TPSA) is 32.3 Å². The second-order valence-corrected chi connectivity index (χ2v) is 6.60. The number of urea groups is 1. The summed E-state index contributed by atoms with van der Waals surface area (Å²) in [6.45, 7) is 0.323. The molecule has 0 radical (unpaired) electrons. The van der Waals surface area contributed by atoms with Crippen LogP contribution in [0, 0.1) is 5.82 Å². The molecule has 132 valence electrons. The van der Waals surface area contributed by atoms with E-state index in [2.05, 4.69) is 5.32 Å². The van der Waals surface area contributed by atoms with E-state index < -0.39 is 29.0 Å². The third kappa shape index (κ3) is 3.73. The molecular weight excluding hydrogens is 356 g/mol. The quantitative estimate of drug-likeness (QED) is 0.744. The first-order chi connectivity index (χ1) is 11.9. The second kappa shape index (κ2) is 6.95. The molecule has 1 aliphatic heterocycles. The number of thioether (sulfide) groups is 1. The van der Waals surface area contributed by atoms with Crippen LogP contribution in [-0.2, 0) is 6.18 Å². The zero-order valence-corrected chi connectivity index (χ0v) is 13.7. The molecule has 1 atom stereocenters. The van der Waals surface area contributed by atoms with Gasteiger partial charge < -0.3 is 10.2 Å². The van der Waals surface area contributed by atoms with Crippen LogP contribution in [0.4, 0.5) is 28.0 Å².